The maximum absolute atomic E-state index is 13.7. The summed E-state index contributed by atoms with van der Waals surface area (Å²) in [6.45, 7) is 3.96. The molecule has 0 aliphatic carbocycles. The molecule has 1 heterocycles. The summed E-state index contributed by atoms with van der Waals surface area (Å²) >= 11 is 0. The molecule has 1 aliphatic heterocycles. The van der Waals surface area contributed by atoms with Crippen LogP contribution >= 0.6 is 0 Å². The van der Waals surface area contributed by atoms with Crippen LogP contribution in [0, 0.1) is 0 Å². The highest BCUT2D eigenvalue weighted by Crippen LogP contribution is 2.43. The van der Waals surface area contributed by atoms with Gasteiger partial charge in [-0.05, 0) is 55.3 Å². The highest BCUT2D eigenvalue weighted by molar-refractivity contribution is 6.08. The van der Waals surface area contributed by atoms with Crippen molar-refractivity contribution in [3.8, 4) is 0 Å². The Morgan fingerprint density at radius 1 is 0.909 bits per heavy atom. The number of benzene rings is 3. The zero-order valence-corrected chi connectivity index (χ0v) is 19.7. The smallest absolute Gasteiger partial charge is 0.258 e. The Kier molecular flexibility index (Phi) is 6.50. The Labute approximate surface area is 196 Å². The van der Waals surface area contributed by atoms with Crippen molar-refractivity contribution < 1.29 is 9.59 Å². The molecule has 33 heavy (non-hydrogen) atoms. The summed E-state index contributed by atoms with van der Waals surface area (Å²) in [5.41, 5.74) is 4.39. The van der Waals surface area contributed by atoms with E-state index in [2.05, 4.69) is 6.92 Å². The quantitative estimate of drug-likeness (QED) is 0.512. The van der Waals surface area contributed by atoms with Crippen LogP contribution in [0.1, 0.15) is 48.7 Å². The molecule has 2 atom stereocenters. The van der Waals surface area contributed by atoms with Gasteiger partial charge in [0.05, 0.1) is 6.04 Å². The number of amides is 2. The molecule has 0 saturated heterocycles. The summed E-state index contributed by atoms with van der Waals surface area (Å²) in [4.78, 5) is 32.6. The minimum absolute atomic E-state index is 0.0230. The lowest BCUT2D eigenvalue weighted by molar-refractivity contribution is -0.118. The van der Waals surface area contributed by atoms with Crippen molar-refractivity contribution in [2.45, 2.75) is 38.8 Å². The first kappa shape index (κ1) is 22.6. The van der Waals surface area contributed by atoms with Crippen LogP contribution in [0.2, 0.25) is 0 Å². The van der Waals surface area contributed by atoms with Crippen molar-refractivity contribution in [3.05, 3.63) is 90.0 Å². The predicted octanol–water partition coefficient (Wildman–Crippen LogP) is 5.68. The molecule has 3 aromatic carbocycles. The monoisotopic (exact) mass is 441 g/mol. The number of carbonyl (C=O) groups is 2. The third kappa shape index (κ3) is 4.36. The fraction of sp³-hybridized carbons (Fsp3) is 0.286. The molecule has 1 aliphatic rings. The molecule has 0 radical (unpaired) electrons. The summed E-state index contributed by atoms with van der Waals surface area (Å²) in [7, 11) is 3.94. The Morgan fingerprint density at radius 3 is 2.27 bits per heavy atom. The van der Waals surface area contributed by atoms with E-state index in [0.29, 0.717) is 18.4 Å². The molecular formula is C28H31N3O2. The lowest BCUT2D eigenvalue weighted by Crippen LogP contribution is -2.47. The van der Waals surface area contributed by atoms with Crippen LogP contribution in [0.3, 0.4) is 0 Å². The van der Waals surface area contributed by atoms with Crippen LogP contribution in [0.5, 0.6) is 0 Å². The van der Waals surface area contributed by atoms with Crippen molar-refractivity contribution in [3.63, 3.8) is 0 Å². The number of para-hydroxylation sites is 2. The summed E-state index contributed by atoms with van der Waals surface area (Å²) in [6, 6.07) is 25.3. The van der Waals surface area contributed by atoms with E-state index >= 15 is 0 Å². The summed E-state index contributed by atoms with van der Waals surface area (Å²) in [5.74, 6) is 0.0526. The van der Waals surface area contributed by atoms with E-state index in [9.17, 15) is 9.59 Å². The number of anilines is 3. The minimum Gasteiger partial charge on any atom is -0.378 e. The molecule has 5 heteroatoms. The van der Waals surface area contributed by atoms with E-state index in [0.717, 1.165) is 22.6 Å². The minimum atomic E-state index is -0.136. The van der Waals surface area contributed by atoms with E-state index in [-0.39, 0.29) is 23.9 Å². The summed E-state index contributed by atoms with van der Waals surface area (Å²) < 4.78 is 0. The average molecular weight is 442 g/mol. The topological polar surface area (TPSA) is 43.9 Å². The zero-order chi connectivity index (χ0) is 23.5. The van der Waals surface area contributed by atoms with Crippen LogP contribution in [-0.4, -0.2) is 32.0 Å². The number of hydrogen-bond donors (Lipinski definition) is 0. The van der Waals surface area contributed by atoms with Crippen molar-refractivity contribution in [1.82, 2.24) is 0 Å². The van der Waals surface area contributed by atoms with E-state index in [4.69, 9.17) is 0 Å². The Morgan fingerprint density at radius 2 is 1.58 bits per heavy atom. The Hall–Kier alpha value is -3.60. The summed E-state index contributed by atoms with van der Waals surface area (Å²) in [5, 5.41) is 0. The molecule has 4 rings (SSSR count). The highest BCUT2D eigenvalue weighted by atomic mass is 16.2. The lowest BCUT2D eigenvalue weighted by Gasteiger charge is -2.43. The standard InChI is InChI=1S/C28H31N3O2/c1-5-27(32)31(22-13-7-6-8-14-22)26-18-20(2)30(25-17-10-9-16-24(25)26)28(33)21-12-11-15-23(19-21)29(3)4/h6-17,19-20,26H,5,18H2,1-4H3/t20-,26+/m1/s1. The molecule has 2 amide bonds. The van der Waals surface area contributed by atoms with E-state index in [1.165, 1.54) is 0 Å². The van der Waals surface area contributed by atoms with Gasteiger partial charge in [0.25, 0.3) is 5.91 Å². The van der Waals surface area contributed by atoms with Gasteiger partial charge in [-0.15, -0.1) is 0 Å². The van der Waals surface area contributed by atoms with Crippen LogP contribution in [0.15, 0.2) is 78.9 Å². The molecule has 0 saturated carbocycles. The molecule has 3 aromatic rings. The SMILES string of the molecule is CCC(=O)N(c1ccccc1)[C@H]1C[C@@H](C)N(C(=O)c2cccc(N(C)C)c2)c2ccccc21. The van der Waals surface area contributed by atoms with E-state index < -0.39 is 0 Å². The molecule has 0 N–H and O–H groups in total. The number of fused-ring (bicyclic) bond motifs is 1. The molecule has 0 unspecified atom stereocenters. The fourth-order valence-electron chi connectivity index (χ4n) is 4.65. The third-order valence-corrected chi connectivity index (χ3v) is 6.31. The first-order valence-electron chi connectivity index (χ1n) is 11.5. The molecule has 0 bridgehead atoms. The largest absolute Gasteiger partial charge is 0.378 e. The van der Waals surface area contributed by atoms with Crippen molar-refractivity contribution >= 4 is 28.9 Å². The maximum Gasteiger partial charge on any atom is 0.258 e. The van der Waals surface area contributed by atoms with Crippen LogP contribution in [0.4, 0.5) is 17.1 Å². The molecule has 5 nitrogen and oxygen atoms in total. The lowest BCUT2D eigenvalue weighted by atomic mass is 9.89. The van der Waals surface area contributed by atoms with E-state index in [1.54, 1.807) is 0 Å². The number of nitrogens with zero attached hydrogens (tertiary/aromatic N) is 3. The predicted molar refractivity (Wildman–Crippen MR) is 135 cm³/mol. The highest BCUT2D eigenvalue weighted by Gasteiger charge is 2.38. The number of carbonyl (C=O) groups excluding carboxylic acids is 2. The van der Waals surface area contributed by atoms with Crippen LogP contribution < -0.4 is 14.7 Å². The van der Waals surface area contributed by atoms with Gasteiger partial charge in [0, 0.05) is 49.2 Å². The van der Waals surface area contributed by atoms with Crippen molar-refractivity contribution in [2.75, 3.05) is 28.8 Å². The second-order valence-corrected chi connectivity index (χ2v) is 8.73. The molecule has 0 aromatic heterocycles. The normalized spacial score (nSPS) is 17.3. The average Bonchev–Trinajstić information content (AvgIpc) is 2.84. The van der Waals surface area contributed by atoms with Gasteiger partial charge in [-0.2, -0.15) is 0 Å². The molecular weight excluding hydrogens is 410 g/mol. The first-order chi connectivity index (χ1) is 15.9. The van der Waals surface area contributed by atoms with Crippen LogP contribution in [0.25, 0.3) is 0 Å². The van der Waals surface area contributed by atoms with Gasteiger partial charge in [-0.1, -0.05) is 49.4 Å². The fourth-order valence-corrected chi connectivity index (χ4v) is 4.65. The number of hydrogen-bond acceptors (Lipinski definition) is 3. The van der Waals surface area contributed by atoms with Gasteiger partial charge in [-0.25, -0.2) is 0 Å². The Balaban J connectivity index is 1.77. The van der Waals surface area contributed by atoms with E-state index in [1.807, 2.05) is 115 Å². The molecule has 0 spiro atoms. The van der Waals surface area contributed by atoms with Gasteiger partial charge >= 0.3 is 0 Å². The number of rotatable bonds is 5. The van der Waals surface area contributed by atoms with Crippen molar-refractivity contribution in [1.29, 1.82) is 0 Å². The van der Waals surface area contributed by atoms with Gasteiger partial charge in [0.2, 0.25) is 5.91 Å². The zero-order valence-electron chi connectivity index (χ0n) is 19.7. The molecule has 0 fully saturated rings. The summed E-state index contributed by atoms with van der Waals surface area (Å²) in [6.07, 6.45) is 1.08. The second kappa shape index (κ2) is 9.49. The van der Waals surface area contributed by atoms with Crippen LogP contribution in [-0.2, 0) is 4.79 Å². The first-order valence-corrected chi connectivity index (χ1v) is 11.5. The Bertz CT molecular complexity index is 1140. The molecule has 170 valence electrons. The van der Waals surface area contributed by atoms with Crippen molar-refractivity contribution in [2.24, 2.45) is 0 Å². The van der Waals surface area contributed by atoms with Gasteiger partial charge in [-0.3, -0.25) is 9.59 Å². The third-order valence-electron chi connectivity index (χ3n) is 6.31. The van der Waals surface area contributed by atoms with Gasteiger partial charge < -0.3 is 14.7 Å². The second-order valence-electron chi connectivity index (χ2n) is 8.73. The maximum atomic E-state index is 13.7. The van der Waals surface area contributed by atoms with Gasteiger partial charge in [0.15, 0.2) is 0 Å². The van der Waals surface area contributed by atoms with Gasteiger partial charge in [0.1, 0.15) is 0 Å².